The number of piperidine rings is 1. The zero-order chi connectivity index (χ0) is 18.6. The molecule has 1 saturated heterocycles. The highest BCUT2D eigenvalue weighted by atomic mass is 15.2. The normalized spacial score (nSPS) is 18.1. The van der Waals surface area contributed by atoms with Crippen molar-refractivity contribution >= 4 is 0 Å². The molecule has 3 heterocycles. The molecule has 27 heavy (non-hydrogen) atoms. The molecule has 0 aliphatic carbocycles. The third-order valence-corrected chi connectivity index (χ3v) is 5.83. The molecule has 0 bridgehead atoms. The lowest BCUT2D eigenvalue weighted by atomic mass is 9.94. The second kappa shape index (κ2) is 8.13. The van der Waals surface area contributed by atoms with Crippen LogP contribution in [0, 0.1) is 12.8 Å². The van der Waals surface area contributed by atoms with Crippen molar-refractivity contribution in [2.75, 3.05) is 13.1 Å². The van der Waals surface area contributed by atoms with Crippen LogP contribution in [0.1, 0.15) is 35.6 Å². The summed E-state index contributed by atoms with van der Waals surface area (Å²) in [7, 11) is 2.14. The van der Waals surface area contributed by atoms with Gasteiger partial charge in [-0.3, -0.25) is 4.90 Å². The molecule has 4 heteroatoms. The van der Waals surface area contributed by atoms with E-state index < -0.39 is 0 Å². The Hall–Kier alpha value is -2.33. The fourth-order valence-corrected chi connectivity index (χ4v) is 4.27. The summed E-state index contributed by atoms with van der Waals surface area (Å²) >= 11 is 0. The highest BCUT2D eigenvalue weighted by Gasteiger charge is 2.22. The van der Waals surface area contributed by atoms with Gasteiger partial charge in [0.05, 0.1) is 0 Å². The molecule has 1 aliphatic rings. The van der Waals surface area contributed by atoms with Crippen LogP contribution in [0.15, 0.2) is 54.9 Å². The topological polar surface area (TPSA) is 26.0 Å². The molecule has 1 aliphatic heterocycles. The maximum atomic E-state index is 4.76. The van der Waals surface area contributed by atoms with Gasteiger partial charge in [0, 0.05) is 56.9 Å². The highest BCUT2D eigenvalue weighted by molar-refractivity contribution is 5.17. The molecule has 4 nitrogen and oxygen atoms in total. The van der Waals surface area contributed by atoms with E-state index in [-0.39, 0.29) is 0 Å². The molecule has 2 aromatic heterocycles. The van der Waals surface area contributed by atoms with Crippen LogP contribution in [-0.2, 0) is 26.6 Å². The number of benzene rings is 1. The predicted octanol–water partition coefficient (Wildman–Crippen LogP) is 4.03. The van der Waals surface area contributed by atoms with Gasteiger partial charge in [-0.25, -0.2) is 4.98 Å². The highest BCUT2D eigenvalue weighted by Crippen LogP contribution is 2.23. The second-order valence-corrected chi connectivity index (χ2v) is 7.95. The molecule has 0 amide bonds. The van der Waals surface area contributed by atoms with Crippen LogP contribution >= 0.6 is 0 Å². The van der Waals surface area contributed by atoms with Gasteiger partial charge in [-0.15, -0.1) is 0 Å². The first kappa shape index (κ1) is 18.1. The number of hydrogen-bond acceptors (Lipinski definition) is 2. The van der Waals surface area contributed by atoms with E-state index in [1.165, 1.54) is 48.7 Å². The molecule has 3 aromatic rings. The van der Waals surface area contributed by atoms with Gasteiger partial charge in [-0.1, -0.05) is 30.3 Å². The van der Waals surface area contributed by atoms with Gasteiger partial charge in [-0.05, 0) is 49.9 Å². The number of rotatable bonds is 6. The number of aromatic nitrogens is 3. The van der Waals surface area contributed by atoms with Crippen LogP contribution < -0.4 is 0 Å². The Morgan fingerprint density at radius 3 is 2.70 bits per heavy atom. The van der Waals surface area contributed by atoms with E-state index in [1.54, 1.807) is 0 Å². The minimum atomic E-state index is 0.690. The van der Waals surface area contributed by atoms with Crippen molar-refractivity contribution in [3.05, 3.63) is 77.6 Å². The van der Waals surface area contributed by atoms with E-state index >= 15 is 0 Å². The Balaban J connectivity index is 1.42. The Morgan fingerprint density at radius 1 is 1.07 bits per heavy atom. The van der Waals surface area contributed by atoms with Crippen molar-refractivity contribution in [3.63, 3.8) is 0 Å². The zero-order valence-electron chi connectivity index (χ0n) is 16.5. The van der Waals surface area contributed by atoms with E-state index in [4.69, 9.17) is 4.98 Å². The summed E-state index contributed by atoms with van der Waals surface area (Å²) in [5.74, 6) is 1.93. The molecule has 1 atom stereocenters. The van der Waals surface area contributed by atoms with E-state index in [2.05, 4.69) is 76.7 Å². The van der Waals surface area contributed by atoms with Gasteiger partial charge in [0.25, 0.3) is 0 Å². The molecule has 0 saturated carbocycles. The van der Waals surface area contributed by atoms with E-state index in [9.17, 15) is 0 Å². The van der Waals surface area contributed by atoms with Gasteiger partial charge in [0.1, 0.15) is 5.82 Å². The first-order valence-electron chi connectivity index (χ1n) is 10.1. The smallest absolute Gasteiger partial charge is 0.109 e. The third kappa shape index (κ3) is 4.33. The third-order valence-electron chi connectivity index (χ3n) is 5.83. The van der Waals surface area contributed by atoms with Gasteiger partial charge in [0.15, 0.2) is 0 Å². The quantitative estimate of drug-likeness (QED) is 0.662. The second-order valence-electron chi connectivity index (χ2n) is 7.95. The number of nitrogens with zero attached hydrogens (tertiary/aromatic N) is 4. The summed E-state index contributed by atoms with van der Waals surface area (Å²) in [4.78, 5) is 7.37. The standard InChI is InChI=1S/C23H30N4/c1-19-15-24-23(27(19)17-20-8-4-3-5-9-20)14-21-10-6-13-26(16-21)18-22-11-7-12-25(22)2/h3-5,7-9,11-12,15,21H,6,10,13-14,16-18H2,1-2H3. The van der Waals surface area contributed by atoms with Crippen molar-refractivity contribution in [1.82, 2.24) is 19.0 Å². The fourth-order valence-electron chi connectivity index (χ4n) is 4.27. The largest absolute Gasteiger partial charge is 0.353 e. The maximum absolute atomic E-state index is 4.76. The lowest BCUT2D eigenvalue weighted by molar-refractivity contribution is 0.162. The van der Waals surface area contributed by atoms with Crippen molar-refractivity contribution in [1.29, 1.82) is 0 Å². The van der Waals surface area contributed by atoms with Gasteiger partial charge in [-0.2, -0.15) is 0 Å². The van der Waals surface area contributed by atoms with Crippen molar-refractivity contribution in [3.8, 4) is 0 Å². The summed E-state index contributed by atoms with van der Waals surface area (Å²) in [5.41, 5.74) is 4.00. The predicted molar refractivity (Wildman–Crippen MR) is 110 cm³/mol. The number of hydrogen-bond donors (Lipinski definition) is 0. The summed E-state index contributed by atoms with van der Waals surface area (Å²) < 4.78 is 4.63. The van der Waals surface area contributed by atoms with Crippen LogP contribution in [0.2, 0.25) is 0 Å². The summed E-state index contributed by atoms with van der Waals surface area (Å²) in [6.45, 7) is 6.52. The maximum Gasteiger partial charge on any atom is 0.109 e. The number of likely N-dealkylation sites (tertiary alicyclic amines) is 1. The molecule has 1 aromatic carbocycles. The summed E-state index contributed by atoms with van der Waals surface area (Å²) in [6, 6.07) is 15.1. The molecule has 1 unspecified atom stereocenters. The molecule has 0 N–H and O–H groups in total. The van der Waals surface area contributed by atoms with Crippen molar-refractivity contribution < 1.29 is 0 Å². The van der Waals surface area contributed by atoms with Crippen LogP contribution in [0.3, 0.4) is 0 Å². The number of aryl methyl sites for hydroxylation is 2. The van der Waals surface area contributed by atoms with Gasteiger partial charge in [0.2, 0.25) is 0 Å². The van der Waals surface area contributed by atoms with Crippen LogP contribution in [0.5, 0.6) is 0 Å². The molecule has 1 fully saturated rings. The summed E-state index contributed by atoms with van der Waals surface area (Å²) in [6.07, 6.45) is 7.83. The minimum Gasteiger partial charge on any atom is -0.353 e. The van der Waals surface area contributed by atoms with Gasteiger partial charge < -0.3 is 9.13 Å². The fraction of sp³-hybridized carbons (Fsp3) is 0.435. The lowest BCUT2D eigenvalue weighted by Gasteiger charge is -2.32. The average Bonchev–Trinajstić information content (AvgIpc) is 3.23. The van der Waals surface area contributed by atoms with E-state index in [0.717, 1.165) is 19.5 Å². The number of imidazole rings is 1. The first-order valence-corrected chi connectivity index (χ1v) is 10.1. The molecule has 0 radical (unpaired) electrons. The van der Waals surface area contributed by atoms with Gasteiger partial charge >= 0.3 is 0 Å². The van der Waals surface area contributed by atoms with Crippen LogP contribution in [0.4, 0.5) is 0 Å². The van der Waals surface area contributed by atoms with Crippen molar-refractivity contribution in [2.24, 2.45) is 13.0 Å². The lowest BCUT2D eigenvalue weighted by Crippen LogP contribution is -2.36. The van der Waals surface area contributed by atoms with Crippen LogP contribution in [0.25, 0.3) is 0 Å². The molecular weight excluding hydrogens is 332 g/mol. The average molecular weight is 363 g/mol. The molecule has 142 valence electrons. The monoisotopic (exact) mass is 362 g/mol. The molecule has 4 rings (SSSR count). The Bertz CT molecular complexity index is 862. The summed E-state index contributed by atoms with van der Waals surface area (Å²) in [5, 5.41) is 0. The van der Waals surface area contributed by atoms with Crippen LogP contribution in [-0.4, -0.2) is 32.1 Å². The SMILES string of the molecule is Cc1cnc(CC2CCCN(Cc3cccn3C)C2)n1Cc1ccccc1. The Kier molecular flexibility index (Phi) is 5.44. The molecular formula is C23H30N4. The minimum absolute atomic E-state index is 0.690. The van der Waals surface area contributed by atoms with E-state index in [0.29, 0.717) is 5.92 Å². The Labute approximate surface area is 162 Å². The Morgan fingerprint density at radius 2 is 1.93 bits per heavy atom. The van der Waals surface area contributed by atoms with Crippen molar-refractivity contribution in [2.45, 2.75) is 39.3 Å². The van der Waals surface area contributed by atoms with E-state index in [1.807, 2.05) is 6.20 Å². The zero-order valence-corrected chi connectivity index (χ0v) is 16.5. The first-order chi connectivity index (χ1) is 13.2. The molecule has 0 spiro atoms.